The summed E-state index contributed by atoms with van der Waals surface area (Å²) in [6.07, 6.45) is -0.649. The lowest BCUT2D eigenvalue weighted by Gasteiger charge is -2.29. The molecule has 128 valence electrons. The van der Waals surface area contributed by atoms with Crippen LogP contribution in [-0.2, 0) is 9.84 Å². The average Bonchev–Trinajstić information content (AvgIpc) is 2.76. The minimum absolute atomic E-state index is 0.0583. The monoisotopic (exact) mass is 418 g/mol. The lowest BCUT2D eigenvalue weighted by molar-refractivity contribution is 0.0927. The third-order valence-electron chi connectivity index (χ3n) is 3.32. The van der Waals surface area contributed by atoms with Crippen LogP contribution in [0.5, 0.6) is 0 Å². The quantitative estimate of drug-likeness (QED) is 0.580. The summed E-state index contributed by atoms with van der Waals surface area (Å²) in [5, 5.41) is 5.84. The molecule has 0 spiro atoms. The van der Waals surface area contributed by atoms with Gasteiger partial charge in [0.1, 0.15) is 6.17 Å². The van der Waals surface area contributed by atoms with Crippen molar-refractivity contribution in [3.8, 4) is 0 Å². The van der Waals surface area contributed by atoms with Crippen LogP contribution in [0.2, 0.25) is 5.02 Å². The van der Waals surface area contributed by atoms with Gasteiger partial charge in [0.2, 0.25) is 3.79 Å². The molecule has 0 aromatic heterocycles. The molecule has 0 unspecified atom stereocenters. The molecule has 1 heterocycles. The Morgan fingerprint density at radius 1 is 1.30 bits per heavy atom. The molecule has 1 aliphatic rings. The van der Waals surface area contributed by atoms with Crippen molar-refractivity contribution in [3.63, 3.8) is 0 Å². The Morgan fingerprint density at radius 3 is 2.52 bits per heavy atom. The Hall–Kier alpha value is -0.240. The van der Waals surface area contributed by atoms with E-state index in [0.29, 0.717) is 17.0 Å². The molecule has 1 aromatic rings. The van der Waals surface area contributed by atoms with Crippen LogP contribution in [0, 0.1) is 0 Å². The van der Waals surface area contributed by atoms with Gasteiger partial charge in [-0.25, -0.2) is 8.42 Å². The van der Waals surface area contributed by atoms with E-state index >= 15 is 0 Å². The van der Waals surface area contributed by atoms with E-state index in [9.17, 15) is 13.2 Å². The van der Waals surface area contributed by atoms with Gasteiger partial charge in [0.05, 0.1) is 11.5 Å². The van der Waals surface area contributed by atoms with Gasteiger partial charge in [-0.3, -0.25) is 10.1 Å². The van der Waals surface area contributed by atoms with Gasteiger partial charge in [-0.2, -0.15) is 0 Å². The number of halogens is 4. The first-order chi connectivity index (χ1) is 10.6. The molecule has 2 rings (SSSR count). The molecule has 1 fully saturated rings. The summed E-state index contributed by atoms with van der Waals surface area (Å²) >= 11 is 23.5. The number of carbonyl (C=O) groups is 1. The van der Waals surface area contributed by atoms with Gasteiger partial charge in [0, 0.05) is 16.6 Å². The van der Waals surface area contributed by atoms with E-state index < -0.39 is 25.7 Å². The van der Waals surface area contributed by atoms with E-state index in [2.05, 4.69) is 10.6 Å². The number of sulfone groups is 1. The number of nitrogens with one attached hydrogen (secondary N) is 2. The van der Waals surface area contributed by atoms with Gasteiger partial charge in [-0.05, 0) is 24.6 Å². The number of amides is 1. The molecule has 0 aliphatic carbocycles. The zero-order valence-electron chi connectivity index (χ0n) is 11.7. The van der Waals surface area contributed by atoms with Crippen LogP contribution in [0.1, 0.15) is 16.8 Å². The summed E-state index contributed by atoms with van der Waals surface area (Å²) in [5.41, 5.74) is 0.303. The van der Waals surface area contributed by atoms with Crippen LogP contribution in [0.4, 0.5) is 0 Å². The smallest absolute Gasteiger partial charge is 0.252 e. The average molecular weight is 420 g/mol. The van der Waals surface area contributed by atoms with Crippen LogP contribution in [0.15, 0.2) is 24.3 Å². The summed E-state index contributed by atoms with van der Waals surface area (Å²) in [7, 11) is -3.09. The SMILES string of the molecule is O=C(N[C@H](N[C@@H]1CCS(=O)(=O)C1)C(Cl)(Cl)Cl)c1cccc(Cl)c1. The number of alkyl halides is 3. The predicted molar refractivity (Wildman–Crippen MR) is 93.2 cm³/mol. The van der Waals surface area contributed by atoms with Gasteiger partial charge in [-0.15, -0.1) is 0 Å². The molecule has 1 amide bonds. The lowest BCUT2D eigenvalue weighted by atomic mass is 10.2. The Balaban J connectivity index is 2.09. The highest BCUT2D eigenvalue weighted by atomic mass is 35.6. The fourth-order valence-corrected chi connectivity index (χ4v) is 4.45. The second-order valence-corrected chi connectivity index (χ2v) is 10.3. The topological polar surface area (TPSA) is 75.3 Å². The standard InChI is InChI=1S/C13H14Cl4N2O3S/c14-9-3-1-2-8(6-9)11(20)19-12(13(15,16)17)18-10-4-5-23(21,22)7-10/h1-3,6,10,12,18H,4-5,7H2,(H,19,20)/t10-,12+/m1/s1. The summed E-state index contributed by atoms with van der Waals surface area (Å²) < 4.78 is 21.2. The molecular weight excluding hydrogens is 406 g/mol. The van der Waals surface area contributed by atoms with E-state index in [1.807, 2.05) is 0 Å². The van der Waals surface area contributed by atoms with E-state index in [4.69, 9.17) is 46.4 Å². The van der Waals surface area contributed by atoms with Crippen molar-refractivity contribution < 1.29 is 13.2 Å². The van der Waals surface area contributed by atoms with Gasteiger partial charge in [-0.1, -0.05) is 52.5 Å². The van der Waals surface area contributed by atoms with Crippen molar-refractivity contribution in [2.45, 2.75) is 22.4 Å². The van der Waals surface area contributed by atoms with Gasteiger partial charge in [0.15, 0.2) is 9.84 Å². The molecule has 0 radical (unpaired) electrons. The normalized spacial score (nSPS) is 21.8. The fourth-order valence-electron chi connectivity index (χ4n) is 2.22. The second kappa shape index (κ2) is 7.33. The van der Waals surface area contributed by atoms with Crippen molar-refractivity contribution in [1.29, 1.82) is 0 Å². The zero-order chi connectivity index (χ0) is 17.3. The van der Waals surface area contributed by atoms with Crippen molar-refractivity contribution in [2.75, 3.05) is 11.5 Å². The molecule has 1 aliphatic heterocycles. The number of hydrogen-bond donors (Lipinski definition) is 2. The number of rotatable bonds is 4. The lowest BCUT2D eigenvalue weighted by Crippen LogP contribution is -2.56. The minimum atomic E-state index is -3.09. The minimum Gasteiger partial charge on any atom is -0.333 e. The number of carbonyl (C=O) groups excluding carboxylic acids is 1. The van der Waals surface area contributed by atoms with Crippen LogP contribution in [0.3, 0.4) is 0 Å². The second-order valence-electron chi connectivity index (χ2n) is 5.23. The Morgan fingerprint density at radius 2 is 2.00 bits per heavy atom. The summed E-state index contributed by atoms with van der Waals surface area (Å²) in [4.78, 5) is 12.3. The highest BCUT2D eigenvalue weighted by molar-refractivity contribution is 7.91. The molecule has 5 nitrogen and oxygen atoms in total. The molecular formula is C13H14Cl4N2O3S. The first-order valence-electron chi connectivity index (χ1n) is 6.66. The number of benzene rings is 1. The Kier molecular flexibility index (Phi) is 6.09. The molecule has 10 heteroatoms. The third-order valence-corrected chi connectivity index (χ3v) is 5.98. The molecule has 0 saturated carbocycles. The Labute approximate surface area is 154 Å². The molecule has 1 aromatic carbocycles. The Bertz CT molecular complexity index is 691. The summed E-state index contributed by atoms with van der Waals surface area (Å²) in [6, 6.07) is 5.91. The first kappa shape index (κ1) is 19.1. The van der Waals surface area contributed by atoms with Crippen LogP contribution < -0.4 is 10.6 Å². The maximum Gasteiger partial charge on any atom is 0.252 e. The van der Waals surface area contributed by atoms with E-state index in [1.165, 1.54) is 6.07 Å². The maximum atomic E-state index is 12.3. The van der Waals surface area contributed by atoms with E-state index in [-0.39, 0.29) is 17.5 Å². The maximum absolute atomic E-state index is 12.3. The summed E-state index contributed by atoms with van der Waals surface area (Å²) in [6.45, 7) is 0. The van der Waals surface area contributed by atoms with Crippen molar-refractivity contribution >= 4 is 62.1 Å². The van der Waals surface area contributed by atoms with E-state index in [1.54, 1.807) is 18.2 Å². The summed E-state index contributed by atoms with van der Waals surface area (Å²) in [5.74, 6) is -0.478. The third kappa shape index (κ3) is 5.66. The van der Waals surface area contributed by atoms with Gasteiger partial charge in [0.25, 0.3) is 5.91 Å². The molecule has 23 heavy (non-hydrogen) atoms. The molecule has 2 atom stereocenters. The van der Waals surface area contributed by atoms with Crippen molar-refractivity contribution in [3.05, 3.63) is 34.9 Å². The predicted octanol–water partition coefficient (Wildman–Crippen LogP) is 2.54. The van der Waals surface area contributed by atoms with Crippen molar-refractivity contribution in [2.24, 2.45) is 0 Å². The molecule has 2 N–H and O–H groups in total. The zero-order valence-corrected chi connectivity index (χ0v) is 15.6. The highest BCUT2D eigenvalue weighted by Crippen LogP contribution is 2.30. The first-order valence-corrected chi connectivity index (χ1v) is 10.00. The van der Waals surface area contributed by atoms with Gasteiger partial charge >= 0.3 is 0 Å². The molecule has 0 bridgehead atoms. The van der Waals surface area contributed by atoms with Crippen LogP contribution in [-0.4, -0.2) is 41.8 Å². The van der Waals surface area contributed by atoms with Gasteiger partial charge < -0.3 is 5.32 Å². The molecule has 1 saturated heterocycles. The van der Waals surface area contributed by atoms with Crippen molar-refractivity contribution in [1.82, 2.24) is 10.6 Å². The van der Waals surface area contributed by atoms with Crippen LogP contribution >= 0.6 is 46.4 Å². The van der Waals surface area contributed by atoms with Crippen LogP contribution in [0.25, 0.3) is 0 Å². The van der Waals surface area contributed by atoms with E-state index in [0.717, 1.165) is 0 Å². The number of hydrogen-bond acceptors (Lipinski definition) is 4. The highest BCUT2D eigenvalue weighted by Gasteiger charge is 2.38. The largest absolute Gasteiger partial charge is 0.333 e. The fraction of sp³-hybridized carbons (Fsp3) is 0.462.